The summed E-state index contributed by atoms with van der Waals surface area (Å²) < 4.78 is 28.5. The second kappa shape index (κ2) is 3.13. The van der Waals surface area contributed by atoms with Crippen molar-refractivity contribution in [2.75, 3.05) is 12.5 Å². The third-order valence-electron chi connectivity index (χ3n) is 2.24. The van der Waals surface area contributed by atoms with Crippen molar-refractivity contribution in [2.45, 2.75) is 0 Å². The molecule has 2 aromatic rings. The number of hydrogen-bond donors (Lipinski definition) is 1. The summed E-state index contributed by atoms with van der Waals surface area (Å²) in [4.78, 5) is 0. The Labute approximate surface area is 89.5 Å². The Morgan fingerprint density at radius 3 is 2.88 bits per heavy atom. The quantitative estimate of drug-likeness (QED) is 0.796. The van der Waals surface area contributed by atoms with Crippen molar-refractivity contribution in [3.8, 4) is 22.8 Å². The fourth-order valence-electron chi connectivity index (χ4n) is 1.53. The predicted octanol–water partition coefficient (Wildman–Crippen LogP) is 1.79. The highest BCUT2D eigenvalue weighted by Crippen LogP contribution is 2.38. The van der Waals surface area contributed by atoms with Gasteiger partial charge in [0, 0.05) is 11.6 Å². The van der Waals surface area contributed by atoms with Crippen molar-refractivity contribution in [3.63, 3.8) is 0 Å². The van der Waals surface area contributed by atoms with Gasteiger partial charge in [-0.2, -0.15) is 0 Å². The van der Waals surface area contributed by atoms with Crippen molar-refractivity contribution in [1.82, 2.24) is 5.16 Å². The molecule has 0 fully saturated rings. The summed E-state index contributed by atoms with van der Waals surface area (Å²) in [5.41, 5.74) is 5.92. The van der Waals surface area contributed by atoms with Crippen LogP contribution in [0.4, 0.5) is 10.2 Å². The van der Waals surface area contributed by atoms with E-state index in [4.69, 9.17) is 19.7 Å². The number of nitrogen functional groups attached to an aromatic ring is 1. The lowest BCUT2D eigenvalue weighted by Gasteiger charge is -2.00. The van der Waals surface area contributed by atoms with Gasteiger partial charge >= 0.3 is 0 Å². The standard InChI is InChI=1S/C10H7FN2O3/c11-6-1-5(7-3-9(12)13-16-7)2-8-10(6)15-4-14-8/h1-3H,4H2,(H2,12,13). The van der Waals surface area contributed by atoms with Crippen LogP contribution in [0.1, 0.15) is 0 Å². The molecule has 0 unspecified atom stereocenters. The third kappa shape index (κ3) is 1.27. The Bertz CT molecular complexity index is 553. The average molecular weight is 222 g/mol. The van der Waals surface area contributed by atoms with Crippen LogP contribution in [0.2, 0.25) is 0 Å². The maximum atomic E-state index is 13.5. The summed E-state index contributed by atoms with van der Waals surface area (Å²) >= 11 is 0. The van der Waals surface area contributed by atoms with E-state index in [-0.39, 0.29) is 18.4 Å². The van der Waals surface area contributed by atoms with Gasteiger partial charge in [0.05, 0.1) is 0 Å². The molecule has 0 saturated carbocycles. The van der Waals surface area contributed by atoms with E-state index in [1.54, 1.807) is 6.07 Å². The SMILES string of the molecule is Nc1cc(-c2cc(F)c3c(c2)OCO3)on1. The summed E-state index contributed by atoms with van der Waals surface area (Å²) in [6, 6.07) is 4.41. The third-order valence-corrected chi connectivity index (χ3v) is 2.24. The first-order valence-corrected chi connectivity index (χ1v) is 4.56. The van der Waals surface area contributed by atoms with Crippen LogP contribution in [0.5, 0.6) is 11.5 Å². The van der Waals surface area contributed by atoms with Crippen LogP contribution in [0.3, 0.4) is 0 Å². The van der Waals surface area contributed by atoms with E-state index in [0.29, 0.717) is 17.1 Å². The topological polar surface area (TPSA) is 70.5 Å². The fourth-order valence-corrected chi connectivity index (χ4v) is 1.53. The Kier molecular flexibility index (Phi) is 1.76. The van der Waals surface area contributed by atoms with Gasteiger partial charge in [-0.1, -0.05) is 5.16 Å². The van der Waals surface area contributed by atoms with E-state index in [9.17, 15) is 4.39 Å². The van der Waals surface area contributed by atoms with Crippen LogP contribution in [-0.2, 0) is 0 Å². The number of aromatic nitrogens is 1. The van der Waals surface area contributed by atoms with E-state index in [1.807, 2.05) is 0 Å². The van der Waals surface area contributed by atoms with E-state index in [0.717, 1.165) is 0 Å². The number of anilines is 1. The summed E-state index contributed by atoms with van der Waals surface area (Å²) in [7, 11) is 0. The molecule has 3 rings (SSSR count). The molecule has 1 aliphatic rings. The van der Waals surface area contributed by atoms with Crippen LogP contribution < -0.4 is 15.2 Å². The highest BCUT2D eigenvalue weighted by atomic mass is 19.1. The lowest BCUT2D eigenvalue weighted by molar-refractivity contribution is 0.171. The highest BCUT2D eigenvalue weighted by molar-refractivity contribution is 5.65. The van der Waals surface area contributed by atoms with Gasteiger partial charge in [-0.25, -0.2) is 4.39 Å². The zero-order valence-corrected chi connectivity index (χ0v) is 8.07. The van der Waals surface area contributed by atoms with Gasteiger partial charge in [-0.05, 0) is 12.1 Å². The number of nitrogens with two attached hydrogens (primary N) is 1. The summed E-state index contributed by atoms with van der Waals surface area (Å²) in [5.74, 6) is 0.601. The molecule has 0 amide bonds. The molecule has 16 heavy (non-hydrogen) atoms. The van der Waals surface area contributed by atoms with E-state index < -0.39 is 5.82 Å². The molecular weight excluding hydrogens is 215 g/mol. The largest absolute Gasteiger partial charge is 0.453 e. The van der Waals surface area contributed by atoms with Crippen molar-refractivity contribution >= 4 is 5.82 Å². The molecular formula is C10H7FN2O3. The van der Waals surface area contributed by atoms with Gasteiger partial charge in [-0.15, -0.1) is 0 Å². The number of benzene rings is 1. The Hall–Kier alpha value is -2.24. The first kappa shape index (κ1) is 9.02. The first-order valence-electron chi connectivity index (χ1n) is 4.56. The van der Waals surface area contributed by atoms with Crippen LogP contribution in [-0.4, -0.2) is 11.9 Å². The van der Waals surface area contributed by atoms with Gasteiger partial charge in [0.25, 0.3) is 0 Å². The van der Waals surface area contributed by atoms with Crippen molar-refractivity contribution in [2.24, 2.45) is 0 Å². The highest BCUT2D eigenvalue weighted by Gasteiger charge is 2.21. The van der Waals surface area contributed by atoms with Crippen molar-refractivity contribution in [3.05, 3.63) is 24.0 Å². The molecule has 1 aliphatic heterocycles. The molecule has 0 aliphatic carbocycles. The molecule has 5 nitrogen and oxygen atoms in total. The van der Waals surface area contributed by atoms with Crippen LogP contribution >= 0.6 is 0 Å². The normalized spacial score (nSPS) is 13.1. The molecule has 1 aromatic heterocycles. The molecule has 82 valence electrons. The van der Waals surface area contributed by atoms with Gasteiger partial charge in [0.2, 0.25) is 12.5 Å². The zero-order valence-electron chi connectivity index (χ0n) is 8.07. The molecule has 2 N–H and O–H groups in total. The van der Waals surface area contributed by atoms with Crippen LogP contribution in [0.15, 0.2) is 22.7 Å². The fraction of sp³-hybridized carbons (Fsp3) is 0.100. The average Bonchev–Trinajstić information content (AvgIpc) is 2.85. The molecule has 0 atom stereocenters. The van der Waals surface area contributed by atoms with Crippen molar-refractivity contribution < 1.29 is 18.4 Å². The number of ether oxygens (including phenoxy) is 2. The number of halogens is 1. The van der Waals surface area contributed by atoms with Gasteiger partial charge in [0.1, 0.15) is 0 Å². The summed E-state index contributed by atoms with van der Waals surface area (Å²) in [6.45, 7) is 0.0221. The van der Waals surface area contributed by atoms with E-state index >= 15 is 0 Å². The minimum Gasteiger partial charge on any atom is -0.453 e. The van der Waals surface area contributed by atoms with Gasteiger partial charge < -0.3 is 19.7 Å². The molecule has 0 radical (unpaired) electrons. The number of fused-ring (bicyclic) bond motifs is 1. The van der Waals surface area contributed by atoms with Gasteiger partial charge in [0.15, 0.2) is 23.1 Å². The summed E-state index contributed by atoms with van der Waals surface area (Å²) in [5, 5.41) is 3.52. The Morgan fingerprint density at radius 1 is 1.25 bits per heavy atom. The van der Waals surface area contributed by atoms with Crippen molar-refractivity contribution in [1.29, 1.82) is 0 Å². The molecule has 2 heterocycles. The minimum absolute atomic E-state index is 0.0221. The monoisotopic (exact) mass is 222 g/mol. The maximum absolute atomic E-state index is 13.5. The number of rotatable bonds is 1. The lowest BCUT2D eigenvalue weighted by Crippen LogP contribution is -1.93. The first-order chi connectivity index (χ1) is 7.74. The number of nitrogens with zero attached hydrogens (tertiary/aromatic N) is 1. The second-order valence-corrected chi connectivity index (χ2v) is 3.31. The van der Waals surface area contributed by atoms with E-state index in [1.165, 1.54) is 12.1 Å². The predicted molar refractivity (Wildman–Crippen MR) is 52.4 cm³/mol. The Morgan fingerprint density at radius 2 is 2.12 bits per heavy atom. The molecule has 0 bridgehead atoms. The zero-order chi connectivity index (χ0) is 11.1. The molecule has 6 heteroatoms. The minimum atomic E-state index is -0.500. The molecule has 1 aromatic carbocycles. The Balaban J connectivity index is 2.12. The maximum Gasteiger partial charge on any atom is 0.231 e. The smallest absolute Gasteiger partial charge is 0.231 e. The van der Waals surface area contributed by atoms with Gasteiger partial charge in [-0.3, -0.25) is 0 Å². The summed E-state index contributed by atoms with van der Waals surface area (Å²) in [6.07, 6.45) is 0. The molecule has 0 spiro atoms. The molecule has 0 saturated heterocycles. The van der Waals surface area contributed by atoms with Crippen LogP contribution in [0.25, 0.3) is 11.3 Å². The second-order valence-electron chi connectivity index (χ2n) is 3.31. The lowest BCUT2D eigenvalue weighted by atomic mass is 10.1. The number of hydrogen-bond acceptors (Lipinski definition) is 5. The van der Waals surface area contributed by atoms with Crippen LogP contribution in [0, 0.1) is 5.82 Å². The van der Waals surface area contributed by atoms with E-state index in [2.05, 4.69) is 5.16 Å².